The van der Waals surface area contributed by atoms with Gasteiger partial charge < -0.3 is 9.26 Å². The Bertz CT molecular complexity index is 965. The molecule has 0 aliphatic heterocycles. The first-order chi connectivity index (χ1) is 12.3. The molecule has 0 fully saturated rings. The van der Waals surface area contributed by atoms with Crippen molar-refractivity contribution in [1.29, 1.82) is 0 Å². The second kappa shape index (κ2) is 6.57. The Morgan fingerprint density at radius 2 is 1.36 bits per heavy atom. The predicted molar refractivity (Wildman–Crippen MR) is 91.6 cm³/mol. The van der Waals surface area contributed by atoms with E-state index in [1.807, 2.05) is 54.6 Å². The molecule has 4 rings (SSSR count). The van der Waals surface area contributed by atoms with E-state index in [2.05, 4.69) is 10.1 Å². The first-order valence-electron chi connectivity index (χ1n) is 7.71. The second-order valence-electron chi connectivity index (χ2n) is 5.37. The number of halogens is 1. The Labute approximate surface area is 143 Å². The van der Waals surface area contributed by atoms with Crippen molar-refractivity contribution in [2.24, 2.45) is 0 Å². The van der Waals surface area contributed by atoms with Crippen LogP contribution in [0.3, 0.4) is 0 Å². The summed E-state index contributed by atoms with van der Waals surface area (Å²) in [5, 5.41) is 3.98. The van der Waals surface area contributed by atoms with E-state index in [-0.39, 0.29) is 5.82 Å². The lowest BCUT2D eigenvalue weighted by Crippen LogP contribution is -1.85. The minimum absolute atomic E-state index is 0.308. The molecular formula is C20H13FN2O2. The molecule has 0 radical (unpaired) electrons. The van der Waals surface area contributed by atoms with E-state index >= 15 is 0 Å². The number of ether oxygens (including phenoxy) is 1. The fourth-order valence-electron chi connectivity index (χ4n) is 2.35. The van der Waals surface area contributed by atoms with Gasteiger partial charge in [-0.3, -0.25) is 0 Å². The molecular weight excluding hydrogens is 319 g/mol. The summed E-state index contributed by atoms with van der Waals surface area (Å²) >= 11 is 0. The molecule has 5 heteroatoms. The van der Waals surface area contributed by atoms with E-state index in [0.29, 0.717) is 17.3 Å². The Kier molecular flexibility index (Phi) is 3.96. The normalized spacial score (nSPS) is 10.6. The molecule has 1 heterocycles. The van der Waals surface area contributed by atoms with Crippen LogP contribution in [0, 0.1) is 5.82 Å². The molecule has 0 bridgehead atoms. The number of aromatic nitrogens is 2. The maximum absolute atomic E-state index is 13.0. The maximum atomic E-state index is 13.0. The molecule has 1 aromatic heterocycles. The van der Waals surface area contributed by atoms with Crippen LogP contribution in [-0.2, 0) is 0 Å². The quantitative estimate of drug-likeness (QED) is 0.506. The molecule has 0 N–H and O–H groups in total. The van der Waals surface area contributed by atoms with Crippen molar-refractivity contribution < 1.29 is 13.7 Å². The van der Waals surface area contributed by atoms with Gasteiger partial charge in [-0.15, -0.1) is 0 Å². The van der Waals surface area contributed by atoms with Crippen LogP contribution >= 0.6 is 0 Å². The Balaban J connectivity index is 1.53. The molecule has 0 saturated heterocycles. The number of benzene rings is 3. The van der Waals surface area contributed by atoms with Crippen molar-refractivity contribution >= 4 is 0 Å². The molecule has 0 atom stereocenters. The molecule has 25 heavy (non-hydrogen) atoms. The van der Waals surface area contributed by atoms with E-state index < -0.39 is 0 Å². The van der Waals surface area contributed by atoms with Crippen LogP contribution in [0.15, 0.2) is 83.4 Å². The zero-order valence-electron chi connectivity index (χ0n) is 13.1. The van der Waals surface area contributed by atoms with Gasteiger partial charge in [0.2, 0.25) is 5.82 Å². The highest BCUT2D eigenvalue weighted by molar-refractivity contribution is 5.60. The average molecular weight is 332 g/mol. The van der Waals surface area contributed by atoms with Gasteiger partial charge in [0.25, 0.3) is 5.89 Å². The van der Waals surface area contributed by atoms with Crippen molar-refractivity contribution in [2.45, 2.75) is 0 Å². The van der Waals surface area contributed by atoms with Gasteiger partial charge in [0, 0.05) is 11.1 Å². The van der Waals surface area contributed by atoms with Gasteiger partial charge in [-0.1, -0.05) is 23.4 Å². The van der Waals surface area contributed by atoms with Crippen LogP contribution in [0.4, 0.5) is 4.39 Å². The zero-order chi connectivity index (χ0) is 17.1. The lowest BCUT2D eigenvalue weighted by Gasteiger charge is -2.05. The monoisotopic (exact) mass is 332 g/mol. The SMILES string of the molecule is Fc1ccc(-c2nc(-c3ccc(Oc4ccccc4)cc3)no2)cc1. The van der Waals surface area contributed by atoms with Crippen LogP contribution < -0.4 is 4.74 Å². The fraction of sp³-hybridized carbons (Fsp3) is 0. The fourth-order valence-corrected chi connectivity index (χ4v) is 2.35. The largest absolute Gasteiger partial charge is 0.457 e. The molecule has 122 valence electrons. The molecule has 0 unspecified atom stereocenters. The summed E-state index contributed by atoms with van der Waals surface area (Å²) in [4.78, 5) is 4.35. The van der Waals surface area contributed by atoms with Gasteiger partial charge in [-0.2, -0.15) is 4.98 Å². The summed E-state index contributed by atoms with van der Waals surface area (Å²) in [5.41, 5.74) is 1.47. The van der Waals surface area contributed by atoms with Gasteiger partial charge >= 0.3 is 0 Å². The van der Waals surface area contributed by atoms with Gasteiger partial charge in [-0.25, -0.2) is 4.39 Å². The van der Waals surface area contributed by atoms with E-state index in [4.69, 9.17) is 9.26 Å². The van der Waals surface area contributed by atoms with E-state index in [9.17, 15) is 4.39 Å². The van der Waals surface area contributed by atoms with Crippen molar-refractivity contribution in [3.63, 3.8) is 0 Å². The summed E-state index contributed by atoms with van der Waals surface area (Å²) in [7, 11) is 0. The molecule has 4 aromatic rings. The van der Waals surface area contributed by atoms with E-state index in [1.165, 1.54) is 12.1 Å². The molecule has 0 amide bonds. The molecule has 4 nitrogen and oxygen atoms in total. The third-order valence-corrected chi connectivity index (χ3v) is 3.61. The van der Waals surface area contributed by atoms with Crippen LogP contribution in [0.25, 0.3) is 22.8 Å². The second-order valence-corrected chi connectivity index (χ2v) is 5.37. The smallest absolute Gasteiger partial charge is 0.258 e. The average Bonchev–Trinajstić information content (AvgIpc) is 3.14. The first kappa shape index (κ1) is 15.1. The van der Waals surface area contributed by atoms with Crippen molar-refractivity contribution in [2.75, 3.05) is 0 Å². The predicted octanol–water partition coefficient (Wildman–Crippen LogP) is 5.34. The minimum Gasteiger partial charge on any atom is -0.457 e. The molecule has 0 saturated carbocycles. The van der Waals surface area contributed by atoms with E-state index in [0.717, 1.165) is 17.1 Å². The van der Waals surface area contributed by atoms with Gasteiger partial charge in [0.1, 0.15) is 17.3 Å². The van der Waals surface area contributed by atoms with Crippen LogP contribution in [0.2, 0.25) is 0 Å². The number of para-hydroxylation sites is 1. The summed E-state index contributed by atoms with van der Waals surface area (Å²) in [6.45, 7) is 0. The molecule has 0 aliphatic carbocycles. The van der Waals surface area contributed by atoms with Gasteiger partial charge in [0.15, 0.2) is 0 Å². The van der Waals surface area contributed by atoms with Crippen LogP contribution in [0.5, 0.6) is 11.5 Å². The lowest BCUT2D eigenvalue weighted by atomic mass is 10.2. The number of rotatable bonds is 4. The summed E-state index contributed by atoms with van der Waals surface area (Å²) in [6, 6.07) is 22.9. The number of hydrogen-bond donors (Lipinski definition) is 0. The van der Waals surface area contributed by atoms with E-state index in [1.54, 1.807) is 12.1 Å². The first-order valence-corrected chi connectivity index (χ1v) is 7.71. The van der Waals surface area contributed by atoms with Crippen molar-refractivity contribution in [3.8, 4) is 34.3 Å². The summed E-state index contributed by atoms with van der Waals surface area (Å²) in [5.74, 6) is 1.99. The number of nitrogens with zero attached hydrogens (tertiary/aromatic N) is 2. The Hall–Kier alpha value is -3.47. The summed E-state index contributed by atoms with van der Waals surface area (Å²) < 4.78 is 24.0. The topological polar surface area (TPSA) is 48.2 Å². The number of hydrogen-bond acceptors (Lipinski definition) is 4. The lowest BCUT2D eigenvalue weighted by molar-refractivity contribution is 0.432. The maximum Gasteiger partial charge on any atom is 0.258 e. The van der Waals surface area contributed by atoms with Gasteiger partial charge in [0.05, 0.1) is 0 Å². The molecule has 0 aliphatic rings. The zero-order valence-corrected chi connectivity index (χ0v) is 13.1. The van der Waals surface area contributed by atoms with Crippen molar-refractivity contribution in [1.82, 2.24) is 10.1 Å². The minimum atomic E-state index is -0.308. The highest BCUT2D eigenvalue weighted by atomic mass is 19.1. The Morgan fingerprint density at radius 1 is 0.720 bits per heavy atom. The molecule has 3 aromatic carbocycles. The standard InChI is InChI=1S/C20H13FN2O2/c21-16-10-6-15(7-11-16)20-22-19(23-25-20)14-8-12-18(13-9-14)24-17-4-2-1-3-5-17/h1-13H. The highest BCUT2D eigenvalue weighted by Crippen LogP contribution is 2.26. The van der Waals surface area contributed by atoms with Crippen LogP contribution in [0.1, 0.15) is 0 Å². The van der Waals surface area contributed by atoms with Crippen LogP contribution in [-0.4, -0.2) is 10.1 Å². The van der Waals surface area contributed by atoms with Gasteiger partial charge in [-0.05, 0) is 60.7 Å². The third kappa shape index (κ3) is 3.40. The summed E-state index contributed by atoms with van der Waals surface area (Å²) in [6.07, 6.45) is 0. The molecule has 0 spiro atoms. The third-order valence-electron chi connectivity index (χ3n) is 3.61. The van der Waals surface area contributed by atoms with Crippen molar-refractivity contribution in [3.05, 3.63) is 84.7 Å². The highest BCUT2D eigenvalue weighted by Gasteiger charge is 2.11. The Morgan fingerprint density at radius 3 is 2.08 bits per heavy atom.